The molecule has 1 fully saturated rings. The highest BCUT2D eigenvalue weighted by molar-refractivity contribution is 5.87. The van der Waals surface area contributed by atoms with Gasteiger partial charge in [0.1, 0.15) is 0 Å². The summed E-state index contributed by atoms with van der Waals surface area (Å²) in [5.74, 6) is 0.503. The second kappa shape index (κ2) is 6.50. The number of carboxylic acid groups (broad SMARTS) is 1. The first-order valence-electron chi connectivity index (χ1n) is 8.03. The molecular formula is C17H21N3O3. The molecule has 2 N–H and O–H groups in total. The van der Waals surface area contributed by atoms with Crippen LogP contribution in [0.2, 0.25) is 0 Å². The lowest BCUT2D eigenvalue weighted by Gasteiger charge is -2.27. The van der Waals surface area contributed by atoms with E-state index in [2.05, 4.69) is 15.5 Å². The van der Waals surface area contributed by atoms with Gasteiger partial charge in [-0.1, -0.05) is 37.1 Å². The van der Waals surface area contributed by atoms with E-state index in [9.17, 15) is 4.79 Å². The van der Waals surface area contributed by atoms with Crippen LogP contribution in [0.1, 0.15) is 60.2 Å². The van der Waals surface area contributed by atoms with Crippen LogP contribution in [0.25, 0.3) is 0 Å². The van der Waals surface area contributed by atoms with E-state index in [1.54, 1.807) is 12.1 Å². The van der Waals surface area contributed by atoms with Crippen molar-refractivity contribution in [2.45, 2.75) is 51.1 Å². The molecule has 0 bridgehead atoms. The number of carboxylic acids is 1. The molecule has 1 aliphatic carbocycles. The Hall–Kier alpha value is -2.21. The van der Waals surface area contributed by atoms with E-state index in [4.69, 9.17) is 9.63 Å². The molecule has 3 rings (SSSR count). The fourth-order valence-electron chi connectivity index (χ4n) is 3.09. The maximum Gasteiger partial charge on any atom is 0.335 e. The maximum absolute atomic E-state index is 10.9. The quantitative estimate of drug-likeness (QED) is 0.852. The van der Waals surface area contributed by atoms with Gasteiger partial charge < -0.3 is 14.9 Å². The average molecular weight is 315 g/mol. The lowest BCUT2D eigenvalue weighted by atomic mass is 9.96. The van der Waals surface area contributed by atoms with Gasteiger partial charge in [0.25, 0.3) is 0 Å². The van der Waals surface area contributed by atoms with E-state index in [1.807, 2.05) is 19.1 Å². The highest BCUT2D eigenvalue weighted by Crippen LogP contribution is 2.37. The van der Waals surface area contributed by atoms with Crippen molar-refractivity contribution in [2.24, 2.45) is 0 Å². The first-order valence-corrected chi connectivity index (χ1v) is 8.03. The summed E-state index contributed by atoms with van der Waals surface area (Å²) < 4.78 is 5.28. The molecule has 6 nitrogen and oxygen atoms in total. The predicted octanol–water partition coefficient (Wildman–Crippen LogP) is 2.89. The molecule has 1 aromatic carbocycles. The first kappa shape index (κ1) is 15.7. The average Bonchev–Trinajstić information content (AvgIpc) is 3.23. The minimum absolute atomic E-state index is 0.234. The summed E-state index contributed by atoms with van der Waals surface area (Å²) in [5, 5.41) is 16.7. The number of benzene rings is 1. The summed E-state index contributed by atoms with van der Waals surface area (Å²) in [7, 11) is 0. The molecule has 1 saturated carbocycles. The predicted molar refractivity (Wildman–Crippen MR) is 84.1 cm³/mol. The second-order valence-corrected chi connectivity index (χ2v) is 6.01. The number of nitrogens with zero attached hydrogens (tertiary/aromatic N) is 2. The van der Waals surface area contributed by atoms with E-state index in [1.165, 1.54) is 0 Å². The minimum Gasteiger partial charge on any atom is -0.478 e. The van der Waals surface area contributed by atoms with Gasteiger partial charge in [-0.15, -0.1) is 0 Å². The number of carbonyl (C=O) groups is 1. The fourth-order valence-corrected chi connectivity index (χ4v) is 3.09. The van der Waals surface area contributed by atoms with Crippen molar-refractivity contribution < 1.29 is 14.4 Å². The van der Waals surface area contributed by atoms with Gasteiger partial charge >= 0.3 is 5.97 Å². The molecular weight excluding hydrogens is 294 g/mol. The van der Waals surface area contributed by atoms with Crippen molar-refractivity contribution in [2.75, 3.05) is 0 Å². The lowest BCUT2D eigenvalue weighted by molar-refractivity contribution is 0.0697. The van der Waals surface area contributed by atoms with E-state index >= 15 is 0 Å². The Bertz CT molecular complexity index is 673. The van der Waals surface area contributed by atoms with Crippen LogP contribution in [0, 0.1) is 0 Å². The normalized spacial score (nSPS) is 16.6. The topological polar surface area (TPSA) is 88.2 Å². The Morgan fingerprint density at radius 2 is 2.00 bits per heavy atom. The molecule has 1 aliphatic rings. The summed E-state index contributed by atoms with van der Waals surface area (Å²) in [6.45, 7) is 2.64. The van der Waals surface area contributed by atoms with Gasteiger partial charge in [0, 0.05) is 13.0 Å². The molecule has 23 heavy (non-hydrogen) atoms. The number of hydrogen-bond donors (Lipinski definition) is 2. The Balaban J connectivity index is 1.73. The summed E-state index contributed by atoms with van der Waals surface area (Å²) in [6, 6.07) is 6.94. The number of nitrogens with one attached hydrogen (secondary N) is 1. The van der Waals surface area contributed by atoms with Crippen molar-refractivity contribution in [3.63, 3.8) is 0 Å². The summed E-state index contributed by atoms with van der Waals surface area (Å²) in [5.41, 5.74) is 1.11. The molecule has 0 unspecified atom stereocenters. The van der Waals surface area contributed by atoms with E-state index in [0.717, 1.165) is 43.5 Å². The van der Waals surface area contributed by atoms with Crippen molar-refractivity contribution in [3.05, 3.63) is 47.1 Å². The molecule has 0 radical (unpaired) electrons. The lowest BCUT2D eigenvalue weighted by Crippen LogP contribution is -2.40. The van der Waals surface area contributed by atoms with Crippen molar-refractivity contribution >= 4 is 5.97 Å². The van der Waals surface area contributed by atoms with Gasteiger partial charge in [-0.25, -0.2) is 4.79 Å². The molecule has 0 atom stereocenters. The third kappa shape index (κ3) is 3.27. The molecule has 0 spiro atoms. The van der Waals surface area contributed by atoms with Crippen LogP contribution in [0.4, 0.5) is 0 Å². The zero-order valence-corrected chi connectivity index (χ0v) is 13.2. The third-order valence-corrected chi connectivity index (χ3v) is 4.49. The van der Waals surface area contributed by atoms with Gasteiger partial charge in [-0.2, -0.15) is 4.98 Å². The Morgan fingerprint density at radius 3 is 2.57 bits per heavy atom. The molecule has 0 saturated heterocycles. The molecule has 1 aromatic heterocycles. The highest BCUT2D eigenvalue weighted by atomic mass is 16.5. The number of hydrogen-bond acceptors (Lipinski definition) is 5. The van der Waals surface area contributed by atoms with Gasteiger partial charge in [-0.05, 0) is 30.5 Å². The summed E-state index contributed by atoms with van der Waals surface area (Å²) in [6.07, 6.45) is 4.99. The third-order valence-electron chi connectivity index (χ3n) is 4.49. The van der Waals surface area contributed by atoms with E-state index < -0.39 is 5.97 Å². The molecule has 2 aromatic rings. The van der Waals surface area contributed by atoms with Gasteiger partial charge in [0.2, 0.25) is 5.89 Å². The second-order valence-electron chi connectivity index (χ2n) is 6.01. The molecule has 1 heterocycles. The largest absolute Gasteiger partial charge is 0.478 e. The van der Waals surface area contributed by atoms with E-state index in [0.29, 0.717) is 18.0 Å². The van der Waals surface area contributed by atoms with Crippen LogP contribution in [0.15, 0.2) is 28.8 Å². The Morgan fingerprint density at radius 1 is 1.30 bits per heavy atom. The van der Waals surface area contributed by atoms with Gasteiger partial charge in [0.05, 0.1) is 11.1 Å². The minimum atomic E-state index is -0.907. The van der Waals surface area contributed by atoms with Crippen LogP contribution >= 0.6 is 0 Å². The Labute approximate surface area is 134 Å². The molecule has 122 valence electrons. The van der Waals surface area contributed by atoms with Gasteiger partial charge in [0.15, 0.2) is 5.82 Å². The SMILES string of the molecule is CCc1nc(C2(NCc3ccc(C(=O)O)cc3)CCCC2)no1. The Kier molecular flexibility index (Phi) is 4.43. The zero-order chi connectivity index (χ0) is 16.3. The smallest absolute Gasteiger partial charge is 0.335 e. The first-order chi connectivity index (χ1) is 11.1. The van der Waals surface area contributed by atoms with Crippen LogP contribution in [-0.2, 0) is 18.5 Å². The van der Waals surface area contributed by atoms with Crippen LogP contribution in [0.3, 0.4) is 0 Å². The standard InChI is InChI=1S/C17H21N3O3/c1-2-14-19-16(20-23-14)17(9-3-4-10-17)18-11-12-5-7-13(8-6-12)15(21)22/h5-8,18H,2-4,9-11H2,1H3,(H,21,22). The van der Waals surface area contributed by atoms with Crippen molar-refractivity contribution in [1.29, 1.82) is 0 Å². The van der Waals surface area contributed by atoms with Crippen molar-refractivity contribution in [1.82, 2.24) is 15.5 Å². The van der Waals surface area contributed by atoms with Gasteiger partial charge in [-0.3, -0.25) is 0 Å². The zero-order valence-electron chi connectivity index (χ0n) is 13.2. The number of rotatable bonds is 6. The molecule has 6 heteroatoms. The number of aromatic carboxylic acids is 1. The summed E-state index contributed by atoms with van der Waals surface area (Å²) >= 11 is 0. The van der Waals surface area contributed by atoms with E-state index in [-0.39, 0.29) is 5.54 Å². The molecule has 0 aliphatic heterocycles. The van der Waals surface area contributed by atoms with Crippen LogP contribution < -0.4 is 5.32 Å². The van der Waals surface area contributed by atoms with Crippen LogP contribution in [-0.4, -0.2) is 21.2 Å². The monoisotopic (exact) mass is 315 g/mol. The number of aromatic nitrogens is 2. The number of aryl methyl sites for hydroxylation is 1. The maximum atomic E-state index is 10.9. The fraction of sp³-hybridized carbons (Fsp3) is 0.471. The summed E-state index contributed by atoms with van der Waals surface area (Å²) in [4.78, 5) is 15.4. The molecule has 0 amide bonds. The highest BCUT2D eigenvalue weighted by Gasteiger charge is 2.39. The van der Waals surface area contributed by atoms with Crippen molar-refractivity contribution in [3.8, 4) is 0 Å². The van der Waals surface area contributed by atoms with Crippen LogP contribution in [0.5, 0.6) is 0 Å².